The minimum absolute atomic E-state index is 0.165. The number of alkyl halides is 1. The summed E-state index contributed by atoms with van der Waals surface area (Å²) in [6.45, 7) is 0.854. The summed E-state index contributed by atoms with van der Waals surface area (Å²) in [6.07, 6.45) is 12.5. The molecule has 2 aliphatic rings. The first kappa shape index (κ1) is 13.4. The quantitative estimate of drug-likeness (QED) is 0.835. The second kappa shape index (κ2) is 5.84. The first-order valence-corrected chi connectivity index (χ1v) is 8.20. The summed E-state index contributed by atoms with van der Waals surface area (Å²) in [5, 5.41) is 8.39. The van der Waals surface area contributed by atoms with Gasteiger partial charge in [-0.1, -0.05) is 25.7 Å². The molecule has 0 aliphatic heterocycles. The molecule has 0 saturated heterocycles. The van der Waals surface area contributed by atoms with Crippen molar-refractivity contribution in [1.82, 2.24) is 15.1 Å². The van der Waals surface area contributed by atoms with Crippen molar-refractivity contribution in [2.45, 2.75) is 69.5 Å². The molecule has 0 amide bonds. The first-order chi connectivity index (χ1) is 9.31. The van der Waals surface area contributed by atoms with Gasteiger partial charge in [-0.25, -0.2) is 0 Å². The Bertz CT molecular complexity index is 403. The third-order valence-corrected chi connectivity index (χ3v) is 5.33. The average molecular weight is 282 g/mol. The number of nitrogens with one attached hydrogen (secondary N) is 1. The fourth-order valence-corrected chi connectivity index (χ4v) is 3.89. The van der Waals surface area contributed by atoms with E-state index in [0.717, 1.165) is 18.1 Å². The van der Waals surface area contributed by atoms with E-state index in [1.54, 1.807) is 0 Å². The van der Waals surface area contributed by atoms with E-state index in [-0.39, 0.29) is 5.54 Å². The molecule has 19 heavy (non-hydrogen) atoms. The lowest BCUT2D eigenvalue weighted by atomic mass is 10.0. The van der Waals surface area contributed by atoms with Crippen LogP contribution in [0.25, 0.3) is 0 Å². The molecule has 2 fully saturated rings. The summed E-state index contributed by atoms with van der Waals surface area (Å²) < 4.78 is 2.17. The van der Waals surface area contributed by atoms with Crippen molar-refractivity contribution in [2.75, 3.05) is 5.88 Å². The van der Waals surface area contributed by atoms with Gasteiger partial charge in [0.2, 0.25) is 0 Å². The molecule has 0 radical (unpaired) electrons. The molecule has 0 unspecified atom stereocenters. The molecular formula is C15H24ClN3. The Hall–Kier alpha value is -0.540. The molecule has 0 spiro atoms. The fourth-order valence-electron chi connectivity index (χ4n) is 3.53. The van der Waals surface area contributed by atoms with E-state index < -0.39 is 0 Å². The predicted octanol–water partition coefficient (Wildman–Crippen LogP) is 3.64. The zero-order chi connectivity index (χ0) is 13.1. The molecule has 2 saturated carbocycles. The van der Waals surface area contributed by atoms with E-state index in [2.05, 4.69) is 22.3 Å². The molecule has 106 valence electrons. The lowest BCUT2D eigenvalue weighted by Crippen LogP contribution is -2.44. The third-order valence-electron chi connectivity index (χ3n) is 4.82. The molecule has 0 atom stereocenters. The van der Waals surface area contributed by atoms with Crippen LogP contribution in [-0.4, -0.2) is 21.2 Å². The van der Waals surface area contributed by atoms with Gasteiger partial charge in [0.15, 0.2) is 0 Å². The highest BCUT2D eigenvalue weighted by Gasteiger charge is 2.32. The standard InChI is InChI=1S/C15H24ClN3/c16-12-15(8-3-4-9-15)17-11-13-7-10-19(18-13)14-5-1-2-6-14/h7,10,14,17H,1-6,8-9,11-12H2. The molecule has 1 N–H and O–H groups in total. The Kier molecular flexibility index (Phi) is 4.13. The van der Waals surface area contributed by atoms with Crippen LogP contribution in [0.4, 0.5) is 0 Å². The van der Waals surface area contributed by atoms with Gasteiger partial charge in [-0.2, -0.15) is 5.10 Å². The van der Waals surface area contributed by atoms with Gasteiger partial charge in [0, 0.05) is 24.2 Å². The molecule has 3 nitrogen and oxygen atoms in total. The van der Waals surface area contributed by atoms with Crippen molar-refractivity contribution < 1.29 is 0 Å². The molecule has 3 rings (SSSR count). The average Bonchev–Trinajstić information content (AvgIpc) is 3.17. The molecule has 1 aromatic heterocycles. The van der Waals surface area contributed by atoms with Crippen molar-refractivity contribution in [3.05, 3.63) is 18.0 Å². The number of hydrogen-bond acceptors (Lipinski definition) is 2. The molecule has 0 bridgehead atoms. The summed E-state index contributed by atoms with van der Waals surface area (Å²) in [6, 6.07) is 2.80. The Balaban J connectivity index is 1.57. The lowest BCUT2D eigenvalue weighted by Gasteiger charge is -2.27. The molecule has 0 aromatic carbocycles. The van der Waals surface area contributed by atoms with Gasteiger partial charge in [-0.05, 0) is 31.7 Å². The minimum atomic E-state index is 0.165. The molecule has 4 heteroatoms. The number of aromatic nitrogens is 2. The number of nitrogens with zero attached hydrogens (tertiary/aromatic N) is 2. The van der Waals surface area contributed by atoms with Crippen LogP contribution in [0.1, 0.15) is 63.1 Å². The Morgan fingerprint density at radius 3 is 2.68 bits per heavy atom. The van der Waals surface area contributed by atoms with E-state index in [4.69, 9.17) is 16.7 Å². The summed E-state index contributed by atoms with van der Waals surface area (Å²) in [5.74, 6) is 0.719. The van der Waals surface area contributed by atoms with Crippen LogP contribution in [-0.2, 0) is 6.54 Å². The van der Waals surface area contributed by atoms with Crippen molar-refractivity contribution in [2.24, 2.45) is 0 Å². The number of hydrogen-bond donors (Lipinski definition) is 1. The number of halogens is 1. The maximum Gasteiger partial charge on any atom is 0.0762 e. The SMILES string of the molecule is ClCC1(NCc2ccn(C3CCCC3)n2)CCCC1. The van der Waals surface area contributed by atoms with Crippen molar-refractivity contribution in [3.63, 3.8) is 0 Å². The predicted molar refractivity (Wildman–Crippen MR) is 78.5 cm³/mol. The smallest absolute Gasteiger partial charge is 0.0762 e. The lowest BCUT2D eigenvalue weighted by molar-refractivity contribution is 0.363. The highest BCUT2D eigenvalue weighted by atomic mass is 35.5. The second-order valence-corrected chi connectivity index (χ2v) is 6.47. The van der Waals surface area contributed by atoms with E-state index in [0.29, 0.717) is 6.04 Å². The van der Waals surface area contributed by atoms with E-state index >= 15 is 0 Å². The number of rotatable bonds is 5. The van der Waals surface area contributed by atoms with Crippen LogP contribution >= 0.6 is 11.6 Å². The van der Waals surface area contributed by atoms with Gasteiger partial charge in [0.1, 0.15) is 0 Å². The van der Waals surface area contributed by atoms with Crippen molar-refractivity contribution in [3.8, 4) is 0 Å². The van der Waals surface area contributed by atoms with E-state index in [1.807, 2.05) is 0 Å². The minimum Gasteiger partial charge on any atom is -0.304 e. The summed E-state index contributed by atoms with van der Waals surface area (Å²) in [5.41, 5.74) is 1.32. The Morgan fingerprint density at radius 2 is 2.00 bits per heavy atom. The van der Waals surface area contributed by atoms with Gasteiger partial charge in [-0.3, -0.25) is 4.68 Å². The highest BCUT2D eigenvalue weighted by molar-refractivity contribution is 6.18. The van der Waals surface area contributed by atoms with E-state index in [1.165, 1.54) is 51.4 Å². The highest BCUT2D eigenvalue weighted by Crippen LogP contribution is 2.31. The van der Waals surface area contributed by atoms with Crippen molar-refractivity contribution >= 4 is 11.6 Å². The molecule has 1 aromatic rings. The van der Waals surface area contributed by atoms with Crippen LogP contribution in [0, 0.1) is 0 Å². The second-order valence-electron chi connectivity index (χ2n) is 6.20. The summed E-state index contributed by atoms with van der Waals surface area (Å²) >= 11 is 6.15. The monoisotopic (exact) mass is 281 g/mol. The van der Waals surface area contributed by atoms with Crippen LogP contribution in [0.5, 0.6) is 0 Å². The third kappa shape index (κ3) is 2.97. The zero-order valence-electron chi connectivity index (χ0n) is 11.6. The Labute approximate surface area is 120 Å². The summed E-state index contributed by atoms with van der Waals surface area (Å²) in [4.78, 5) is 0. The molecule has 1 heterocycles. The van der Waals surface area contributed by atoms with Crippen LogP contribution < -0.4 is 5.32 Å². The normalized spacial score (nSPS) is 23.2. The van der Waals surface area contributed by atoms with Gasteiger partial charge >= 0.3 is 0 Å². The maximum atomic E-state index is 6.15. The van der Waals surface area contributed by atoms with Gasteiger partial charge in [0.25, 0.3) is 0 Å². The maximum absolute atomic E-state index is 6.15. The van der Waals surface area contributed by atoms with Crippen LogP contribution in [0.15, 0.2) is 12.3 Å². The van der Waals surface area contributed by atoms with Crippen LogP contribution in [0.3, 0.4) is 0 Å². The largest absolute Gasteiger partial charge is 0.304 e. The van der Waals surface area contributed by atoms with Gasteiger partial charge in [0.05, 0.1) is 11.7 Å². The summed E-state index contributed by atoms with van der Waals surface area (Å²) in [7, 11) is 0. The Morgan fingerprint density at radius 1 is 1.26 bits per heavy atom. The molecule has 2 aliphatic carbocycles. The van der Waals surface area contributed by atoms with Crippen LogP contribution in [0.2, 0.25) is 0 Å². The zero-order valence-corrected chi connectivity index (χ0v) is 12.3. The fraction of sp³-hybridized carbons (Fsp3) is 0.800. The first-order valence-electron chi connectivity index (χ1n) is 7.66. The van der Waals surface area contributed by atoms with Crippen molar-refractivity contribution in [1.29, 1.82) is 0 Å². The van der Waals surface area contributed by atoms with Gasteiger partial charge < -0.3 is 5.32 Å². The van der Waals surface area contributed by atoms with Gasteiger partial charge in [-0.15, -0.1) is 11.6 Å². The van der Waals surface area contributed by atoms with E-state index in [9.17, 15) is 0 Å². The topological polar surface area (TPSA) is 29.9 Å². The molecular weight excluding hydrogens is 258 g/mol.